The lowest BCUT2D eigenvalue weighted by Gasteiger charge is -2.26. The molecule has 4 rings (SSSR count). The van der Waals surface area contributed by atoms with Gasteiger partial charge < -0.3 is 31.0 Å². The number of aromatic nitrogens is 1. The Bertz CT molecular complexity index is 1580. The summed E-state index contributed by atoms with van der Waals surface area (Å²) in [5.41, 5.74) is 9.10. The van der Waals surface area contributed by atoms with Gasteiger partial charge in [-0.3, -0.25) is 14.2 Å². The summed E-state index contributed by atoms with van der Waals surface area (Å²) in [4.78, 5) is 52.5. The Morgan fingerprint density at radius 2 is 1.56 bits per heavy atom. The van der Waals surface area contributed by atoms with Crippen LogP contribution in [0, 0.1) is 5.92 Å². The van der Waals surface area contributed by atoms with Crippen LogP contribution >= 0.6 is 7.37 Å². The molecule has 0 spiro atoms. The number of carbonyl (C=O) groups excluding carboxylic acids is 3. The van der Waals surface area contributed by atoms with Crippen LogP contribution in [-0.2, 0) is 38.3 Å². The lowest BCUT2D eigenvalue weighted by atomic mass is 9.98. The molecule has 0 saturated carbocycles. The predicted octanol–water partition coefficient (Wildman–Crippen LogP) is 4.47. The first kappa shape index (κ1) is 31.5. The summed E-state index contributed by atoms with van der Waals surface area (Å²) < 4.78 is 18.7. The van der Waals surface area contributed by atoms with Crippen LogP contribution < -0.4 is 16.4 Å². The molecular weight excluding hydrogens is 567 g/mol. The molecule has 0 bridgehead atoms. The predicted molar refractivity (Wildman–Crippen MR) is 165 cm³/mol. The number of benzene rings is 3. The topological polar surface area (TPSA) is 164 Å². The van der Waals surface area contributed by atoms with Crippen molar-refractivity contribution in [2.45, 2.75) is 44.6 Å². The van der Waals surface area contributed by atoms with Crippen molar-refractivity contribution in [3.63, 3.8) is 0 Å². The molecule has 3 amide bonds. The van der Waals surface area contributed by atoms with Gasteiger partial charge in [0, 0.05) is 35.6 Å². The lowest BCUT2D eigenvalue weighted by molar-refractivity contribution is -0.129. The molecular formula is C32H37N4O6P. The number of amides is 3. The van der Waals surface area contributed by atoms with E-state index < -0.39 is 49.2 Å². The number of para-hydroxylation sites is 1. The number of hydrogen-bond acceptors (Lipinski definition) is 5. The van der Waals surface area contributed by atoms with E-state index in [1.165, 1.54) is 6.92 Å². The molecule has 0 aliphatic carbocycles. The number of carbonyl (C=O) groups is 3. The monoisotopic (exact) mass is 604 g/mol. The van der Waals surface area contributed by atoms with Gasteiger partial charge in [0.2, 0.25) is 19.2 Å². The molecule has 1 heterocycles. The van der Waals surface area contributed by atoms with E-state index in [2.05, 4.69) is 15.6 Å². The number of alkyl carbamates (subject to hydrolysis) is 1. The highest BCUT2D eigenvalue weighted by Gasteiger charge is 2.36. The molecule has 10 nitrogen and oxygen atoms in total. The van der Waals surface area contributed by atoms with Gasteiger partial charge in [0.05, 0.1) is 0 Å². The first-order valence-corrected chi connectivity index (χ1v) is 16.0. The van der Waals surface area contributed by atoms with Crippen molar-refractivity contribution in [3.8, 4) is 0 Å². The van der Waals surface area contributed by atoms with Crippen LogP contribution in [-0.4, -0.2) is 45.8 Å². The minimum absolute atomic E-state index is 0.00215. The largest absolute Gasteiger partial charge is 0.445 e. The van der Waals surface area contributed by atoms with Gasteiger partial charge in [-0.2, -0.15) is 0 Å². The summed E-state index contributed by atoms with van der Waals surface area (Å²) >= 11 is 0. The van der Waals surface area contributed by atoms with E-state index in [1.807, 2.05) is 72.8 Å². The molecule has 43 heavy (non-hydrogen) atoms. The third kappa shape index (κ3) is 9.04. The Hall–Kier alpha value is -4.40. The number of primary amides is 1. The molecule has 11 heteroatoms. The van der Waals surface area contributed by atoms with Crippen LogP contribution in [0.25, 0.3) is 10.9 Å². The van der Waals surface area contributed by atoms with Gasteiger partial charge in [-0.25, -0.2) is 4.79 Å². The van der Waals surface area contributed by atoms with E-state index in [9.17, 15) is 23.8 Å². The molecule has 0 radical (unpaired) electrons. The number of aromatic amines is 1. The Labute approximate surface area is 250 Å². The van der Waals surface area contributed by atoms with E-state index in [-0.39, 0.29) is 19.4 Å². The summed E-state index contributed by atoms with van der Waals surface area (Å²) in [5.74, 6) is -3.40. The fourth-order valence-electron chi connectivity index (χ4n) is 4.83. The molecule has 226 valence electrons. The fraction of sp³-hybridized carbons (Fsp3) is 0.281. The Balaban J connectivity index is 1.44. The number of nitrogens with two attached hydrogens (primary N) is 1. The molecule has 6 N–H and O–H groups in total. The van der Waals surface area contributed by atoms with Crippen LogP contribution in [0.1, 0.15) is 30.0 Å². The van der Waals surface area contributed by atoms with Crippen LogP contribution in [0.3, 0.4) is 0 Å². The van der Waals surface area contributed by atoms with Crippen LogP contribution in [0.2, 0.25) is 0 Å². The number of nitrogens with one attached hydrogen (secondary N) is 3. The molecule has 4 atom stereocenters. The van der Waals surface area contributed by atoms with Gasteiger partial charge in [0.15, 0.2) is 0 Å². The highest BCUT2D eigenvalue weighted by atomic mass is 31.2. The third-order valence-corrected chi connectivity index (χ3v) is 9.68. The van der Waals surface area contributed by atoms with Crippen LogP contribution in [0.5, 0.6) is 0 Å². The summed E-state index contributed by atoms with van der Waals surface area (Å²) in [6, 6.07) is 25.0. The summed E-state index contributed by atoms with van der Waals surface area (Å²) in [6.07, 6.45) is 1.37. The Morgan fingerprint density at radius 1 is 0.930 bits per heavy atom. The molecule has 1 aromatic heterocycles. The first-order valence-electron chi connectivity index (χ1n) is 14.1. The van der Waals surface area contributed by atoms with Gasteiger partial charge in [-0.05, 0) is 42.5 Å². The van der Waals surface area contributed by atoms with E-state index in [1.54, 1.807) is 18.3 Å². The zero-order valence-electron chi connectivity index (χ0n) is 23.9. The number of rotatable bonds is 14. The molecule has 3 unspecified atom stereocenters. The zero-order chi connectivity index (χ0) is 30.8. The average molecular weight is 605 g/mol. The minimum Gasteiger partial charge on any atom is -0.445 e. The highest BCUT2D eigenvalue weighted by molar-refractivity contribution is 7.58. The average Bonchev–Trinajstić information content (AvgIpc) is 3.41. The standard InChI is InChI=1S/C32H37N4O6P/c1-22(35-32(39)42-20-24-12-6-3-7-13-24)43(40,41)21-25(17-16-23-10-4-2-5-11-23)31(38)36-29(30(33)37)18-26-19-34-28-15-9-8-14-27(26)28/h2-15,19,22,25,29,34H,16-18,20-21H2,1H3,(H2,33,37)(H,35,39)(H,36,38)(H,40,41)/t22?,25?,29-/m0/s1. The number of hydrogen-bond donors (Lipinski definition) is 5. The van der Waals surface area contributed by atoms with Crippen molar-refractivity contribution in [2.75, 3.05) is 6.16 Å². The number of H-pyrrole nitrogens is 1. The zero-order valence-corrected chi connectivity index (χ0v) is 24.8. The smallest absolute Gasteiger partial charge is 0.408 e. The molecule has 4 aromatic rings. The molecule has 0 aliphatic heterocycles. The van der Waals surface area contributed by atoms with Crippen molar-refractivity contribution < 1.29 is 28.6 Å². The maximum atomic E-state index is 13.6. The second-order valence-corrected chi connectivity index (χ2v) is 13.2. The molecule has 0 aliphatic rings. The number of aryl methyl sites for hydroxylation is 1. The Kier molecular flexibility index (Phi) is 10.8. The van der Waals surface area contributed by atoms with Gasteiger partial charge in [0.1, 0.15) is 18.4 Å². The van der Waals surface area contributed by atoms with E-state index in [0.717, 1.165) is 27.6 Å². The van der Waals surface area contributed by atoms with Crippen molar-refractivity contribution in [3.05, 3.63) is 108 Å². The van der Waals surface area contributed by atoms with Crippen molar-refractivity contribution >= 4 is 36.2 Å². The molecule has 3 aromatic carbocycles. The van der Waals surface area contributed by atoms with Crippen molar-refractivity contribution in [1.29, 1.82) is 0 Å². The molecule has 0 saturated heterocycles. The minimum atomic E-state index is -4.11. The van der Waals surface area contributed by atoms with Gasteiger partial charge in [-0.1, -0.05) is 78.9 Å². The maximum Gasteiger partial charge on any atom is 0.408 e. The van der Waals surface area contributed by atoms with Crippen LogP contribution in [0.15, 0.2) is 91.1 Å². The quantitative estimate of drug-likeness (QED) is 0.133. The summed E-state index contributed by atoms with van der Waals surface area (Å²) in [7, 11) is -4.11. The van der Waals surface area contributed by atoms with E-state index in [4.69, 9.17) is 10.5 Å². The lowest BCUT2D eigenvalue weighted by Crippen LogP contribution is -2.48. The van der Waals surface area contributed by atoms with E-state index in [0.29, 0.717) is 6.42 Å². The molecule has 0 fully saturated rings. The van der Waals surface area contributed by atoms with E-state index >= 15 is 0 Å². The van der Waals surface area contributed by atoms with Crippen LogP contribution in [0.4, 0.5) is 4.79 Å². The maximum absolute atomic E-state index is 13.6. The van der Waals surface area contributed by atoms with Crippen molar-refractivity contribution in [1.82, 2.24) is 15.6 Å². The normalized spacial score (nSPS) is 14.7. The number of fused-ring (bicyclic) bond motifs is 1. The summed E-state index contributed by atoms with van der Waals surface area (Å²) in [6.45, 7) is 1.40. The van der Waals surface area contributed by atoms with Crippen molar-refractivity contribution in [2.24, 2.45) is 11.7 Å². The second kappa shape index (κ2) is 14.7. The number of ether oxygens (including phenoxy) is 1. The fourth-order valence-corrected chi connectivity index (χ4v) is 6.44. The van der Waals surface area contributed by atoms with Gasteiger partial charge in [0.25, 0.3) is 0 Å². The Morgan fingerprint density at radius 3 is 2.23 bits per heavy atom. The first-order chi connectivity index (χ1) is 20.6. The SMILES string of the molecule is CC(NC(=O)OCc1ccccc1)P(=O)(O)CC(CCc1ccccc1)C(=O)N[C@@H](Cc1c[nH]c2ccccc12)C(N)=O. The third-order valence-electron chi connectivity index (χ3n) is 7.38. The highest BCUT2D eigenvalue weighted by Crippen LogP contribution is 2.47. The van der Waals surface area contributed by atoms with Gasteiger partial charge in [-0.15, -0.1) is 0 Å². The second-order valence-electron chi connectivity index (χ2n) is 10.6. The van der Waals surface area contributed by atoms with Gasteiger partial charge >= 0.3 is 6.09 Å². The summed E-state index contributed by atoms with van der Waals surface area (Å²) in [5, 5.41) is 6.06.